The van der Waals surface area contributed by atoms with E-state index in [1.807, 2.05) is 11.8 Å². The number of aliphatic hydroxyl groups is 1. The number of nitrogens with two attached hydrogens (primary N) is 1. The Hall–Kier alpha value is -3.02. The predicted molar refractivity (Wildman–Crippen MR) is 115 cm³/mol. The molecule has 1 amide bonds. The molecule has 3 heterocycles. The van der Waals surface area contributed by atoms with Crippen molar-refractivity contribution in [3.05, 3.63) is 59.1 Å². The molecule has 1 aliphatic rings. The summed E-state index contributed by atoms with van der Waals surface area (Å²) in [6.45, 7) is 2.80. The van der Waals surface area contributed by atoms with Gasteiger partial charge in [0.1, 0.15) is 16.5 Å². The van der Waals surface area contributed by atoms with E-state index in [4.69, 9.17) is 5.73 Å². The maximum Gasteiger partial charge on any atom is 0.275 e. The van der Waals surface area contributed by atoms with Gasteiger partial charge in [-0.1, -0.05) is 6.92 Å². The molecule has 0 radical (unpaired) electrons. The first-order valence-corrected chi connectivity index (χ1v) is 10.7. The highest BCUT2D eigenvalue weighted by Crippen LogP contribution is 2.32. The monoisotopic (exact) mass is 463 g/mol. The number of nitrogens with zero attached hydrogens (tertiary/aromatic N) is 3. The van der Waals surface area contributed by atoms with Crippen molar-refractivity contribution in [2.24, 2.45) is 11.7 Å². The van der Waals surface area contributed by atoms with E-state index in [1.165, 1.54) is 11.6 Å². The van der Waals surface area contributed by atoms with Crippen LogP contribution < -0.4 is 16.0 Å². The Balaban J connectivity index is 1.57. The summed E-state index contributed by atoms with van der Waals surface area (Å²) in [5.74, 6) is -4.24. The van der Waals surface area contributed by atoms with Gasteiger partial charge in [0.15, 0.2) is 11.6 Å². The van der Waals surface area contributed by atoms with E-state index >= 15 is 0 Å². The van der Waals surface area contributed by atoms with Gasteiger partial charge in [-0.2, -0.15) is 0 Å². The van der Waals surface area contributed by atoms with Gasteiger partial charge in [-0.3, -0.25) is 9.78 Å². The number of aliphatic hydroxyl groups excluding tert-OH is 1. The average Bonchev–Trinajstić information content (AvgIpc) is 3.25. The number of aromatic nitrogens is 2. The summed E-state index contributed by atoms with van der Waals surface area (Å²) < 4.78 is 41.6. The van der Waals surface area contributed by atoms with E-state index in [0.29, 0.717) is 30.5 Å². The molecule has 4 rings (SSSR count). The number of hydrogen-bond acceptors (Lipinski definition) is 7. The van der Waals surface area contributed by atoms with Crippen molar-refractivity contribution >= 4 is 28.6 Å². The fourth-order valence-corrected chi connectivity index (χ4v) is 4.51. The lowest BCUT2D eigenvalue weighted by Crippen LogP contribution is -2.55. The highest BCUT2D eigenvalue weighted by atomic mass is 32.1. The van der Waals surface area contributed by atoms with Crippen molar-refractivity contribution in [2.45, 2.75) is 19.1 Å². The Morgan fingerprint density at radius 1 is 1.25 bits per heavy atom. The van der Waals surface area contributed by atoms with Crippen LogP contribution in [0.2, 0.25) is 0 Å². The first-order chi connectivity index (χ1) is 15.3. The van der Waals surface area contributed by atoms with Crippen molar-refractivity contribution < 1.29 is 23.1 Å². The van der Waals surface area contributed by atoms with Crippen LogP contribution in [0.5, 0.6) is 0 Å². The second-order valence-electron chi connectivity index (χ2n) is 7.64. The molecule has 0 saturated carbocycles. The average molecular weight is 463 g/mol. The van der Waals surface area contributed by atoms with Gasteiger partial charge < -0.3 is 21.1 Å². The summed E-state index contributed by atoms with van der Waals surface area (Å²) >= 11 is 0.823. The second kappa shape index (κ2) is 8.85. The fourth-order valence-electron chi connectivity index (χ4n) is 3.67. The Morgan fingerprint density at radius 3 is 2.75 bits per heavy atom. The lowest BCUT2D eigenvalue weighted by atomic mass is 9.92. The van der Waals surface area contributed by atoms with E-state index in [-0.39, 0.29) is 16.6 Å². The van der Waals surface area contributed by atoms with Gasteiger partial charge >= 0.3 is 0 Å². The molecule has 2 aromatic heterocycles. The topological polar surface area (TPSA) is 104 Å². The van der Waals surface area contributed by atoms with Crippen molar-refractivity contribution in [1.29, 1.82) is 0 Å². The minimum atomic E-state index is -1.36. The molecule has 1 saturated heterocycles. The molecule has 3 aromatic rings. The highest BCUT2D eigenvalue weighted by molar-refractivity contribution is 7.13. The van der Waals surface area contributed by atoms with E-state index in [2.05, 4.69) is 15.3 Å². The lowest BCUT2D eigenvalue weighted by Gasteiger charge is -2.40. The van der Waals surface area contributed by atoms with E-state index < -0.39 is 41.1 Å². The Bertz CT molecular complexity index is 1150. The molecule has 168 valence electrons. The minimum Gasteiger partial charge on any atom is -0.391 e. The summed E-state index contributed by atoms with van der Waals surface area (Å²) in [4.78, 5) is 22.8. The maximum absolute atomic E-state index is 14.1. The van der Waals surface area contributed by atoms with Crippen LogP contribution in [-0.2, 0) is 0 Å². The smallest absolute Gasteiger partial charge is 0.275 e. The SMILES string of the molecule is C[C@H]1CN(c2ccncc2NC(=O)c2csc(-c3c(F)ccc(F)c3F)n2)C[C@@H](N)[C@@H]1O. The molecule has 4 N–H and O–H groups in total. The lowest BCUT2D eigenvalue weighted by molar-refractivity contribution is 0.0785. The zero-order chi connectivity index (χ0) is 23.0. The van der Waals surface area contributed by atoms with Gasteiger partial charge in [-0.25, -0.2) is 18.2 Å². The third-order valence-corrected chi connectivity index (χ3v) is 6.20. The number of halogens is 3. The number of amides is 1. The predicted octanol–water partition coefficient (Wildman–Crippen LogP) is 3.02. The molecule has 1 fully saturated rings. The van der Waals surface area contributed by atoms with E-state index in [9.17, 15) is 23.1 Å². The Labute approximate surface area is 185 Å². The van der Waals surface area contributed by atoms with Gasteiger partial charge in [0.05, 0.1) is 29.2 Å². The van der Waals surface area contributed by atoms with Gasteiger partial charge in [-0.15, -0.1) is 11.3 Å². The summed E-state index contributed by atoms with van der Waals surface area (Å²) in [5.41, 5.74) is 6.40. The van der Waals surface area contributed by atoms with Crippen molar-refractivity contribution in [2.75, 3.05) is 23.3 Å². The molecule has 0 spiro atoms. The fraction of sp³-hybridized carbons (Fsp3) is 0.286. The minimum absolute atomic E-state index is 0.0763. The standard InChI is InChI=1S/C21H20F3N5O2S/c1-10-7-29(8-13(25)19(10)30)16-4-5-26-6-14(16)27-20(31)15-9-32-21(28-15)17-11(22)2-3-12(23)18(17)24/h2-6,9-10,13,19,30H,7-8,25H2,1H3,(H,27,31)/t10-,13+,19+/m0/s1. The van der Waals surface area contributed by atoms with Crippen LogP contribution in [0.4, 0.5) is 24.5 Å². The van der Waals surface area contributed by atoms with Crippen LogP contribution in [-0.4, -0.2) is 46.2 Å². The van der Waals surface area contributed by atoms with Crippen molar-refractivity contribution in [1.82, 2.24) is 9.97 Å². The van der Waals surface area contributed by atoms with Crippen LogP contribution in [0.25, 0.3) is 10.6 Å². The Morgan fingerprint density at radius 2 is 2.00 bits per heavy atom. The zero-order valence-electron chi connectivity index (χ0n) is 16.9. The van der Waals surface area contributed by atoms with Crippen molar-refractivity contribution in [3.63, 3.8) is 0 Å². The maximum atomic E-state index is 14.1. The summed E-state index contributed by atoms with van der Waals surface area (Å²) in [7, 11) is 0. The third-order valence-electron chi connectivity index (χ3n) is 5.34. The quantitative estimate of drug-likeness (QED) is 0.514. The molecular formula is C21H20F3N5O2S. The number of carbonyl (C=O) groups excluding carboxylic acids is 1. The Kier molecular flexibility index (Phi) is 6.13. The summed E-state index contributed by atoms with van der Waals surface area (Å²) in [6.07, 6.45) is 2.42. The third kappa shape index (κ3) is 4.18. The highest BCUT2D eigenvalue weighted by Gasteiger charge is 2.32. The van der Waals surface area contributed by atoms with Gasteiger partial charge in [0, 0.05) is 36.6 Å². The number of pyridine rings is 1. The number of nitrogens with one attached hydrogen (secondary N) is 1. The first-order valence-electron chi connectivity index (χ1n) is 9.79. The molecule has 32 heavy (non-hydrogen) atoms. The molecule has 7 nitrogen and oxygen atoms in total. The number of piperidine rings is 1. The van der Waals surface area contributed by atoms with Crippen molar-refractivity contribution in [3.8, 4) is 10.6 Å². The zero-order valence-corrected chi connectivity index (χ0v) is 17.7. The number of carbonyl (C=O) groups is 1. The summed E-state index contributed by atoms with van der Waals surface area (Å²) in [5, 5.41) is 14.0. The number of benzene rings is 1. The first kappa shape index (κ1) is 22.2. The van der Waals surface area contributed by atoms with Gasteiger partial charge in [0.2, 0.25) is 0 Å². The van der Waals surface area contributed by atoms with Crippen LogP contribution in [0.3, 0.4) is 0 Å². The normalized spacial score (nSPS) is 20.9. The molecule has 0 unspecified atom stereocenters. The molecule has 3 atom stereocenters. The van der Waals surface area contributed by atoms with Gasteiger partial charge in [-0.05, 0) is 18.2 Å². The van der Waals surface area contributed by atoms with Crippen LogP contribution >= 0.6 is 11.3 Å². The summed E-state index contributed by atoms with van der Waals surface area (Å²) in [6, 6.07) is 2.76. The van der Waals surface area contributed by atoms with Crippen LogP contribution in [0, 0.1) is 23.4 Å². The van der Waals surface area contributed by atoms with Gasteiger partial charge in [0.25, 0.3) is 5.91 Å². The van der Waals surface area contributed by atoms with E-state index in [1.54, 1.807) is 12.3 Å². The molecule has 1 aliphatic heterocycles. The molecular weight excluding hydrogens is 443 g/mol. The number of thiazole rings is 1. The van der Waals surface area contributed by atoms with E-state index in [0.717, 1.165) is 17.4 Å². The molecule has 1 aromatic carbocycles. The number of anilines is 2. The largest absolute Gasteiger partial charge is 0.391 e. The van der Waals surface area contributed by atoms with Crippen LogP contribution in [0.1, 0.15) is 17.4 Å². The second-order valence-corrected chi connectivity index (χ2v) is 8.50. The molecule has 11 heteroatoms. The number of rotatable bonds is 4. The van der Waals surface area contributed by atoms with Crippen LogP contribution in [0.15, 0.2) is 36.0 Å². The molecule has 0 aliphatic carbocycles. The molecule has 0 bridgehead atoms. The number of hydrogen-bond donors (Lipinski definition) is 3.